The molecule has 1 saturated heterocycles. The van der Waals surface area contributed by atoms with Crippen molar-refractivity contribution in [2.75, 3.05) is 13.1 Å². The Hall–Kier alpha value is -3.55. The van der Waals surface area contributed by atoms with Crippen LogP contribution in [0.25, 0.3) is 16.8 Å². The molecule has 170 valence electrons. The van der Waals surface area contributed by atoms with E-state index in [1.54, 1.807) is 36.4 Å². The van der Waals surface area contributed by atoms with Gasteiger partial charge in [-0.2, -0.15) is 5.10 Å². The van der Waals surface area contributed by atoms with Gasteiger partial charge in [0.1, 0.15) is 11.6 Å². The van der Waals surface area contributed by atoms with Gasteiger partial charge in [0, 0.05) is 31.0 Å². The van der Waals surface area contributed by atoms with Gasteiger partial charge in [0.2, 0.25) is 5.91 Å². The number of nitrogens with zero attached hydrogens (tertiary/aromatic N) is 3. The van der Waals surface area contributed by atoms with E-state index in [4.69, 9.17) is 0 Å². The molecule has 7 nitrogen and oxygen atoms in total. The number of amides is 1. The molecule has 8 heteroatoms. The SMILES string of the molecule is CC(=O)c1ccc(-c2ccc(-n3c(CC4CCN(C(=O)C5CC5)C4)n[nH]c3=O)c(F)c2)cc1. The number of nitrogens with one attached hydrogen (secondary N) is 1. The van der Waals surface area contributed by atoms with Crippen LogP contribution in [0.4, 0.5) is 4.39 Å². The van der Waals surface area contributed by atoms with Gasteiger partial charge < -0.3 is 4.90 Å². The van der Waals surface area contributed by atoms with Crippen LogP contribution in [0.2, 0.25) is 0 Å². The van der Waals surface area contributed by atoms with Crippen molar-refractivity contribution in [3.63, 3.8) is 0 Å². The number of likely N-dealkylation sites (tertiary alicyclic amines) is 1. The lowest BCUT2D eigenvalue weighted by molar-refractivity contribution is -0.131. The van der Waals surface area contributed by atoms with E-state index in [1.807, 2.05) is 4.90 Å². The molecule has 1 amide bonds. The number of carbonyl (C=O) groups excluding carboxylic acids is 2. The Morgan fingerprint density at radius 2 is 1.82 bits per heavy atom. The van der Waals surface area contributed by atoms with Crippen molar-refractivity contribution in [1.29, 1.82) is 0 Å². The third-order valence-electron chi connectivity index (χ3n) is 6.55. The minimum atomic E-state index is -0.537. The van der Waals surface area contributed by atoms with E-state index in [2.05, 4.69) is 10.2 Å². The summed E-state index contributed by atoms with van der Waals surface area (Å²) >= 11 is 0. The molecule has 2 heterocycles. The third kappa shape index (κ3) is 4.25. The summed E-state index contributed by atoms with van der Waals surface area (Å²) in [7, 11) is 0. The Morgan fingerprint density at radius 3 is 2.48 bits per heavy atom. The van der Waals surface area contributed by atoms with Crippen molar-refractivity contribution < 1.29 is 14.0 Å². The van der Waals surface area contributed by atoms with E-state index in [0.29, 0.717) is 29.9 Å². The zero-order valence-corrected chi connectivity index (χ0v) is 18.4. The standard InChI is InChI=1S/C25H25FN4O3/c1-15(31)17-2-4-18(5-3-17)20-8-9-22(21(26)13-20)30-23(27-28-25(30)33)12-16-10-11-29(14-16)24(32)19-6-7-19/h2-5,8-9,13,16,19H,6-7,10-12,14H2,1H3,(H,28,33). The van der Waals surface area contributed by atoms with Gasteiger partial charge in [0.25, 0.3) is 0 Å². The smallest absolute Gasteiger partial charge is 0.342 e. The zero-order valence-electron chi connectivity index (χ0n) is 18.4. The van der Waals surface area contributed by atoms with Crippen molar-refractivity contribution in [1.82, 2.24) is 19.7 Å². The minimum absolute atomic E-state index is 0.0303. The van der Waals surface area contributed by atoms with Crippen molar-refractivity contribution >= 4 is 11.7 Å². The van der Waals surface area contributed by atoms with Crippen LogP contribution in [0.3, 0.4) is 0 Å². The lowest BCUT2D eigenvalue weighted by Gasteiger charge is -2.16. The van der Waals surface area contributed by atoms with Crippen LogP contribution >= 0.6 is 0 Å². The average molecular weight is 448 g/mol. The quantitative estimate of drug-likeness (QED) is 0.586. The van der Waals surface area contributed by atoms with Gasteiger partial charge in [-0.25, -0.2) is 18.9 Å². The maximum absolute atomic E-state index is 15.1. The summed E-state index contributed by atoms with van der Waals surface area (Å²) in [5.41, 5.74) is 1.66. The highest BCUT2D eigenvalue weighted by Gasteiger charge is 2.37. The molecule has 1 aromatic heterocycles. The predicted octanol–water partition coefficient (Wildman–Crippen LogP) is 3.37. The molecule has 0 bridgehead atoms. The van der Waals surface area contributed by atoms with Gasteiger partial charge in [-0.05, 0) is 55.4 Å². The van der Waals surface area contributed by atoms with Crippen molar-refractivity contribution in [2.24, 2.45) is 11.8 Å². The largest absolute Gasteiger partial charge is 0.348 e. The molecule has 1 N–H and O–H groups in total. The van der Waals surface area contributed by atoms with Crippen molar-refractivity contribution in [3.05, 3.63) is 70.2 Å². The Kier molecular flexibility index (Phi) is 5.44. The molecule has 2 fully saturated rings. The topological polar surface area (TPSA) is 88.1 Å². The fourth-order valence-electron chi connectivity index (χ4n) is 4.53. The maximum atomic E-state index is 15.1. The summed E-state index contributed by atoms with van der Waals surface area (Å²) in [6.45, 7) is 2.87. The summed E-state index contributed by atoms with van der Waals surface area (Å²) in [6.07, 6.45) is 3.29. The third-order valence-corrected chi connectivity index (χ3v) is 6.55. The Morgan fingerprint density at radius 1 is 1.09 bits per heavy atom. The second kappa shape index (κ2) is 8.42. The number of H-pyrrole nitrogens is 1. The second-order valence-corrected chi connectivity index (χ2v) is 9.00. The Labute approximate surface area is 190 Å². The second-order valence-electron chi connectivity index (χ2n) is 9.00. The van der Waals surface area contributed by atoms with E-state index in [-0.39, 0.29) is 29.2 Å². The first-order chi connectivity index (χ1) is 15.9. The number of halogens is 1. The summed E-state index contributed by atoms with van der Waals surface area (Å²) in [5.74, 6) is 0.502. The number of ketones is 1. The van der Waals surface area contributed by atoms with Crippen LogP contribution in [0.1, 0.15) is 42.4 Å². The molecule has 1 aliphatic carbocycles. The van der Waals surface area contributed by atoms with Gasteiger partial charge in [-0.3, -0.25) is 9.59 Å². The maximum Gasteiger partial charge on any atom is 0.348 e. The molecule has 1 saturated carbocycles. The van der Waals surface area contributed by atoms with Crippen LogP contribution < -0.4 is 5.69 Å². The number of benzene rings is 2. The molecule has 2 aromatic carbocycles. The molecule has 5 rings (SSSR count). The lowest BCUT2D eigenvalue weighted by atomic mass is 10.0. The van der Waals surface area contributed by atoms with Crippen molar-refractivity contribution in [2.45, 2.75) is 32.6 Å². The normalized spacial score (nSPS) is 18.0. The molecule has 0 radical (unpaired) electrons. The van der Waals surface area contributed by atoms with Gasteiger partial charge in [0.15, 0.2) is 5.78 Å². The molecule has 0 spiro atoms. The number of Topliss-reactive ketones (excluding diaryl/α,β-unsaturated/α-hetero) is 1. The average Bonchev–Trinajstić information content (AvgIpc) is 3.46. The first-order valence-corrected chi connectivity index (χ1v) is 11.3. The molecular formula is C25H25FN4O3. The van der Waals surface area contributed by atoms with Crippen LogP contribution in [-0.2, 0) is 11.2 Å². The fraction of sp³-hybridized carbons (Fsp3) is 0.360. The van der Waals surface area contributed by atoms with Crippen LogP contribution in [0.15, 0.2) is 47.3 Å². The molecule has 33 heavy (non-hydrogen) atoms. The number of aromatic amines is 1. The van der Waals surface area contributed by atoms with Gasteiger partial charge in [-0.1, -0.05) is 30.3 Å². The number of hydrogen-bond donors (Lipinski definition) is 1. The van der Waals surface area contributed by atoms with E-state index < -0.39 is 11.5 Å². The minimum Gasteiger partial charge on any atom is -0.342 e. The first-order valence-electron chi connectivity index (χ1n) is 11.3. The van der Waals surface area contributed by atoms with E-state index in [1.165, 1.54) is 17.6 Å². The van der Waals surface area contributed by atoms with E-state index in [0.717, 1.165) is 31.4 Å². The fourth-order valence-corrected chi connectivity index (χ4v) is 4.53. The highest BCUT2D eigenvalue weighted by Crippen LogP contribution is 2.33. The van der Waals surface area contributed by atoms with Crippen LogP contribution in [0, 0.1) is 17.7 Å². The number of aromatic nitrogens is 3. The van der Waals surface area contributed by atoms with Gasteiger partial charge in [-0.15, -0.1) is 0 Å². The summed E-state index contributed by atoms with van der Waals surface area (Å²) in [6, 6.07) is 11.7. The van der Waals surface area contributed by atoms with Gasteiger partial charge >= 0.3 is 5.69 Å². The monoisotopic (exact) mass is 448 g/mol. The number of hydrogen-bond acceptors (Lipinski definition) is 4. The highest BCUT2D eigenvalue weighted by atomic mass is 19.1. The van der Waals surface area contributed by atoms with Gasteiger partial charge in [0.05, 0.1) is 5.69 Å². The molecule has 1 unspecified atom stereocenters. The lowest BCUT2D eigenvalue weighted by Crippen LogP contribution is -2.30. The molecule has 3 aromatic rings. The summed E-state index contributed by atoms with van der Waals surface area (Å²) in [4.78, 5) is 38.2. The molecular weight excluding hydrogens is 423 g/mol. The zero-order chi connectivity index (χ0) is 23.1. The number of rotatable bonds is 6. The van der Waals surface area contributed by atoms with E-state index in [9.17, 15) is 14.4 Å². The first kappa shape index (κ1) is 21.3. The Bertz CT molecular complexity index is 1270. The highest BCUT2D eigenvalue weighted by molar-refractivity contribution is 5.94. The summed E-state index contributed by atoms with van der Waals surface area (Å²) < 4.78 is 16.4. The van der Waals surface area contributed by atoms with Crippen molar-refractivity contribution in [3.8, 4) is 16.8 Å². The molecule has 1 aliphatic heterocycles. The number of carbonyl (C=O) groups is 2. The Balaban J connectivity index is 1.36. The predicted molar refractivity (Wildman–Crippen MR) is 121 cm³/mol. The molecule has 2 aliphatic rings. The summed E-state index contributed by atoms with van der Waals surface area (Å²) in [5, 5.41) is 6.58. The molecule has 1 atom stereocenters. The van der Waals surface area contributed by atoms with E-state index >= 15 is 4.39 Å². The van der Waals surface area contributed by atoms with Crippen LogP contribution in [0.5, 0.6) is 0 Å². The van der Waals surface area contributed by atoms with Crippen LogP contribution in [-0.4, -0.2) is 44.4 Å².